The van der Waals surface area contributed by atoms with E-state index in [9.17, 15) is 8.42 Å². The lowest BCUT2D eigenvalue weighted by molar-refractivity contribution is 0.316. The predicted molar refractivity (Wildman–Crippen MR) is 78.2 cm³/mol. The van der Waals surface area contributed by atoms with Gasteiger partial charge in [0.15, 0.2) is 5.82 Å². The van der Waals surface area contributed by atoms with Gasteiger partial charge in [0.1, 0.15) is 18.1 Å². The molecular weight excluding hydrogens is 306 g/mol. The van der Waals surface area contributed by atoms with Gasteiger partial charge in [-0.25, -0.2) is 8.42 Å². The van der Waals surface area contributed by atoms with Gasteiger partial charge in [0, 0.05) is 5.92 Å². The van der Waals surface area contributed by atoms with Gasteiger partial charge in [0.25, 0.3) is 0 Å². The molecule has 0 spiro atoms. The molecule has 1 aliphatic carbocycles. The highest BCUT2D eigenvalue weighted by Gasteiger charge is 2.33. The molecule has 0 radical (unpaired) electrons. The Kier molecular flexibility index (Phi) is 3.07. The van der Waals surface area contributed by atoms with Crippen LogP contribution in [0.1, 0.15) is 30.5 Å². The van der Waals surface area contributed by atoms with E-state index >= 15 is 0 Å². The molecule has 0 unspecified atom stereocenters. The zero-order valence-electron chi connectivity index (χ0n) is 11.8. The summed E-state index contributed by atoms with van der Waals surface area (Å²) in [4.78, 5) is 4.19. The third-order valence-electron chi connectivity index (χ3n) is 3.74. The molecule has 22 heavy (non-hydrogen) atoms. The van der Waals surface area contributed by atoms with Crippen molar-refractivity contribution < 1.29 is 17.7 Å². The first-order chi connectivity index (χ1) is 10.6. The van der Waals surface area contributed by atoms with Gasteiger partial charge in [0.2, 0.25) is 15.9 Å². The van der Waals surface area contributed by atoms with Crippen molar-refractivity contribution in [3.05, 3.63) is 36.0 Å². The van der Waals surface area contributed by atoms with Crippen LogP contribution in [0.25, 0.3) is 0 Å². The normalized spacial score (nSPS) is 17.9. The summed E-state index contributed by atoms with van der Waals surface area (Å²) in [6, 6.07) is 7.10. The maximum absolute atomic E-state index is 12.7. The van der Waals surface area contributed by atoms with Gasteiger partial charge >= 0.3 is 0 Å². The molecule has 0 N–H and O–H groups in total. The van der Waals surface area contributed by atoms with Crippen LogP contribution in [0.4, 0.5) is 5.69 Å². The lowest BCUT2D eigenvalue weighted by atomic mass is 10.2. The number of fused-ring (bicyclic) bond motifs is 1. The molecule has 1 fully saturated rings. The van der Waals surface area contributed by atoms with Crippen molar-refractivity contribution in [2.75, 3.05) is 17.5 Å². The Morgan fingerprint density at radius 2 is 2.09 bits per heavy atom. The smallest absolute Gasteiger partial charge is 0.242 e. The van der Waals surface area contributed by atoms with Gasteiger partial charge in [-0.05, 0) is 25.0 Å². The Hall–Kier alpha value is -2.09. The molecule has 2 aromatic rings. The van der Waals surface area contributed by atoms with Crippen LogP contribution < -0.4 is 9.04 Å². The van der Waals surface area contributed by atoms with Crippen LogP contribution in [-0.4, -0.2) is 31.7 Å². The Labute approximate surface area is 127 Å². The second kappa shape index (κ2) is 4.98. The first-order valence-corrected chi connectivity index (χ1v) is 8.79. The molecule has 4 rings (SSSR count). The van der Waals surface area contributed by atoms with Crippen molar-refractivity contribution in [3.8, 4) is 5.75 Å². The topological polar surface area (TPSA) is 85.5 Å². The molecule has 0 atom stereocenters. The van der Waals surface area contributed by atoms with Crippen LogP contribution in [0.2, 0.25) is 0 Å². The minimum Gasteiger partial charge on any atom is -0.489 e. The van der Waals surface area contributed by atoms with Gasteiger partial charge in [0.05, 0.1) is 12.2 Å². The number of anilines is 1. The number of benzene rings is 1. The highest BCUT2D eigenvalue weighted by molar-refractivity contribution is 7.92. The van der Waals surface area contributed by atoms with Crippen LogP contribution in [0.3, 0.4) is 0 Å². The fraction of sp³-hybridized carbons (Fsp3) is 0.429. The number of aromatic nitrogens is 2. The summed E-state index contributed by atoms with van der Waals surface area (Å²) in [6.07, 6.45) is 2.07. The van der Waals surface area contributed by atoms with Crippen molar-refractivity contribution >= 4 is 15.7 Å². The molecule has 2 heterocycles. The molecule has 0 bridgehead atoms. The molecule has 0 amide bonds. The zero-order valence-corrected chi connectivity index (χ0v) is 12.6. The van der Waals surface area contributed by atoms with Crippen molar-refractivity contribution in [1.82, 2.24) is 10.1 Å². The predicted octanol–water partition coefficient (Wildman–Crippen LogP) is 1.68. The SMILES string of the molecule is O=S(=O)(Cc1noc(C2CC2)n1)N1CCOc2ccccc21. The Morgan fingerprint density at radius 1 is 1.27 bits per heavy atom. The standard InChI is InChI=1S/C14H15N3O4S/c18-22(19,9-13-15-14(21-16-13)10-5-6-10)17-7-8-20-12-4-2-1-3-11(12)17/h1-4,10H,5-9H2. The van der Waals surface area contributed by atoms with E-state index in [-0.39, 0.29) is 18.1 Å². The summed E-state index contributed by atoms with van der Waals surface area (Å²) in [5, 5.41) is 3.79. The first kappa shape index (κ1) is 13.6. The van der Waals surface area contributed by atoms with Crippen LogP contribution in [0.15, 0.2) is 28.8 Å². The summed E-state index contributed by atoms with van der Waals surface area (Å²) >= 11 is 0. The second-order valence-corrected chi connectivity index (χ2v) is 7.36. The van der Waals surface area contributed by atoms with E-state index in [4.69, 9.17) is 9.26 Å². The summed E-state index contributed by atoms with van der Waals surface area (Å²) in [6.45, 7) is 0.614. The van der Waals surface area contributed by atoms with E-state index in [2.05, 4.69) is 10.1 Å². The number of ether oxygens (including phenoxy) is 1. The maximum Gasteiger partial charge on any atom is 0.242 e. The number of sulfonamides is 1. The first-order valence-electron chi connectivity index (χ1n) is 7.18. The van der Waals surface area contributed by atoms with Crippen LogP contribution in [0, 0.1) is 0 Å². The molecule has 1 aromatic carbocycles. The number of hydrogen-bond acceptors (Lipinski definition) is 6. The third-order valence-corrected chi connectivity index (χ3v) is 5.42. The quantitative estimate of drug-likeness (QED) is 0.851. The largest absolute Gasteiger partial charge is 0.489 e. The molecule has 2 aliphatic rings. The Morgan fingerprint density at radius 3 is 2.91 bits per heavy atom. The van der Waals surface area contributed by atoms with Crippen LogP contribution >= 0.6 is 0 Å². The monoisotopic (exact) mass is 321 g/mol. The highest BCUT2D eigenvalue weighted by Crippen LogP contribution is 2.39. The lowest BCUT2D eigenvalue weighted by Crippen LogP contribution is -2.38. The van der Waals surface area contributed by atoms with Crippen molar-refractivity contribution in [2.45, 2.75) is 24.5 Å². The van der Waals surface area contributed by atoms with Crippen LogP contribution in [-0.2, 0) is 15.8 Å². The van der Waals surface area contributed by atoms with Gasteiger partial charge < -0.3 is 9.26 Å². The summed E-state index contributed by atoms with van der Waals surface area (Å²) < 4.78 is 37.3. The van der Waals surface area contributed by atoms with E-state index in [1.54, 1.807) is 18.2 Å². The lowest BCUT2D eigenvalue weighted by Gasteiger charge is -2.29. The minimum atomic E-state index is -3.57. The molecule has 1 aromatic heterocycles. The maximum atomic E-state index is 12.7. The van der Waals surface area contributed by atoms with E-state index < -0.39 is 10.0 Å². The van der Waals surface area contributed by atoms with Gasteiger partial charge in [-0.1, -0.05) is 17.3 Å². The average molecular weight is 321 g/mol. The van der Waals surface area contributed by atoms with Crippen LogP contribution in [0.5, 0.6) is 5.75 Å². The van der Waals surface area contributed by atoms with Gasteiger partial charge in [-0.15, -0.1) is 0 Å². The molecule has 0 saturated heterocycles. The molecule has 1 aliphatic heterocycles. The number of para-hydroxylation sites is 2. The van der Waals surface area contributed by atoms with E-state index in [1.807, 2.05) is 6.07 Å². The van der Waals surface area contributed by atoms with E-state index in [0.29, 0.717) is 29.9 Å². The Bertz CT molecular complexity index is 798. The molecular formula is C14H15N3O4S. The van der Waals surface area contributed by atoms with Crippen molar-refractivity contribution in [3.63, 3.8) is 0 Å². The molecule has 1 saturated carbocycles. The van der Waals surface area contributed by atoms with Crippen molar-refractivity contribution in [2.24, 2.45) is 0 Å². The van der Waals surface area contributed by atoms with Gasteiger partial charge in [-0.3, -0.25) is 4.31 Å². The van der Waals surface area contributed by atoms with Gasteiger partial charge in [-0.2, -0.15) is 4.98 Å². The third kappa shape index (κ3) is 2.43. The fourth-order valence-electron chi connectivity index (χ4n) is 2.50. The minimum absolute atomic E-state index is 0.214. The molecule has 7 nitrogen and oxygen atoms in total. The number of hydrogen-bond donors (Lipinski definition) is 0. The Balaban J connectivity index is 1.60. The average Bonchev–Trinajstić information content (AvgIpc) is 3.27. The van der Waals surface area contributed by atoms with E-state index in [0.717, 1.165) is 12.8 Å². The number of nitrogens with zero attached hydrogens (tertiary/aromatic N) is 3. The highest BCUT2D eigenvalue weighted by atomic mass is 32.2. The summed E-state index contributed by atoms with van der Waals surface area (Å²) in [5.41, 5.74) is 0.555. The fourth-order valence-corrected chi connectivity index (χ4v) is 3.90. The van der Waals surface area contributed by atoms with Crippen molar-refractivity contribution in [1.29, 1.82) is 0 Å². The molecule has 8 heteroatoms. The zero-order chi connectivity index (χ0) is 15.2. The number of rotatable bonds is 4. The summed E-state index contributed by atoms with van der Waals surface area (Å²) in [5.74, 6) is 1.38. The molecule has 116 valence electrons. The van der Waals surface area contributed by atoms with E-state index in [1.165, 1.54) is 4.31 Å². The second-order valence-electron chi connectivity index (χ2n) is 5.47. The summed E-state index contributed by atoms with van der Waals surface area (Å²) in [7, 11) is -3.57.